The van der Waals surface area contributed by atoms with Crippen molar-refractivity contribution in [1.82, 2.24) is 9.80 Å². The van der Waals surface area contributed by atoms with E-state index in [9.17, 15) is 29.6 Å². The first-order valence-electron chi connectivity index (χ1n) is 13.7. The molecule has 2 aromatic rings. The molecule has 0 aliphatic carbocycles. The summed E-state index contributed by atoms with van der Waals surface area (Å²) in [5.41, 5.74) is 0.479. The third-order valence-electron chi connectivity index (χ3n) is 7.05. The highest BCUT2D eigenvalue weighted by molar-refractivity contribution is 6.46. The van der Waals surface area contributed by atoms with Crippen molar-refractivity contribution in [2.45, 2.75) is 52.0 Å². The Kier molecular flexibility index (Phi) is 11.0. The number of ketones is 1. The highest BCUT2D eigenvalue weighted by atomic mass is 16.6. The number of esters is 1. The standard InChI is InChI=1S/C30H37N3O7/c1-4-6-16-31(17-7-5-2)18-9-19-32-26(21-12-14-22(15-13-21)30(37)40-3)25(28(35)29(32)36)27(34)23-10-8-11-24(20-23)33(38)39/h8,10-15,20,26,34H,4-7,9,16-19H2,1-3H3/b27-25-. The van der Waals surface area contributed by atoms with E-state index in [1.807, 2.05) is 0 Å². The van der Waals surface area contributed by atoms with Gasteiger partial charge in [-0.25, -0.2) is 4.79 Å². The van der Waals surface area contributed by atoms with E-state index in [-0.39, 0.29) is 23.4 Å². The summed E-state index contributed by atoms with van der Waals surface area (Å²) in [4.78, 5) is 53.1. The van der Waals surface area contributed by atoms with Crippen LogP contribution in [0, 0.1) is 10.1 Å². The van der Waals surface area contributed by atoms with E-state index < -0.39 is 34.4 Å². The van der Waals surface area contributed by atoms with E-state index in [2.05, 4.69) is 18.7 Å². The molecule has 1 atom stereocenters. The number of aliphatic hydroxyl groups excluding tert-OH is 1. The van der Waals surface area contributed by atoms with Crippen molar-refractivity contribution in [3.8, 4) is 0 Å². The summed E-state index contributed by atoms with van der Waals surface area (Å²) in [6.07, 6.45) is 4.93. The first-order chi connectivity index (χ1) is 19.2. The molecule has 0 bridgehead atoms. The molecule has 0 saturated carbocycles. The van der Waals surface area contributed by atoms with E-state index in [4.69, 9.17) is 4.74 Å². The Hall–Kier alpha value is -4.05. The number of hydrogen-bond acceptors (Lipinski definition) is 8. The molecule has 1 unspecified atom stereocenters. The van der Waals surface area contributed by atoms with Crippen LogP contribution in [0.1, 0.15) is 73.5 Å². The summed E-state index contributed by atoms with van der Waals surface area (Å²) in [5, 5.41) is 22.5. The molecule has 1 aliphatic rings. The molecule has 10 nitrogen and oxygen atoms in total. The van der Waals surface area contributed by atoms with Crippen LogP contribution in [0.15, 0.2) is 54.1 Å². The zero-order valence-corrected chi connectivity index (χ0v) is 23.3. The molecule has 3 rings (SSSR count). The second kappa shape index (κ2) is 14.4. The van der Waals surface area contributed by atoms with Gasteiger partial charge in [0.25, 0.3) is 17.4 Å². The summed E-state index contributed by atoms with van der Waals surface area (Å²) < 4.78 is 4.77. The molecular formula is C30H37N3O7. The molecule has 10 heteroatoms. The lowest BCUT2D eigenvalue weighted by Crippen LogP contribution is -2.34. The molecule has 1 heterocycles. The number of likely N-dealkylation sites (tertiary alicyclic amines) is 1. The van der Waals surface area contributed by atoms with Crippen LogP contribution in [-0.4, -0.2) is 70.8 Å². The monoisotopic (exact) mass is 551 g/mol. The number of carbonyl (C=O) groups is 3. The largest absolute Gasteiger partial charge is 0.507 e. The predicted octanol–water partition coefficient (Wildman–Crippen LogP) is 5.10. The SMILES string of the molecule is CCCCN(CCCC)CCCN1C(=O)C(=O)/C(=C(\O)c2cccc([N+](=O)[O-])c2)C1c1ccc(C(=O)OC)cc1. The first-order valence-corrected chi connectivity index (χ1v) is 13.7. The van der Waals surface area contributed by atoms with Gasteiger partial charge in [-0.2, -0.15) is 0 Å². The zero-order chi connectivity index (χ0) is 29.2. The molecule has 1 saturated heterocycles. The average Bonchev–Trinajstić information content (AvgIpc) is 3.22. The smallest absolute Gasteiger partial charge is 0.337 e. The summed E-state index contributed by atoms with van der Waals surface area (Å²) in [6, 6.07) is 10.7. The number of nitrogens with zero attached hydrogens (tertiary/aromatic N) is 3. The van der Waals surface area contributed by atoms with Crippen molar-refractivity contribution >= 4 is 29.1 Å². The number of benzene rings is 2. The topological polar surface area (TPSA) is 130 Å². The number of Topliss-reactive ketones (excluding diaryl/α,β-unsaturated/α-hetero) is 1. The molecule has 1 N–H and O–H groups in total. The number of hydrogen-bond donors (Lipinski definition) is 1. The van der Waals surface area contributed by atoms with Crippen molar-refractivity contribution in [2.75, 3.05) is 33.3 Å². The van der Waals surface area contributed by atoms with Gasteiger partial charge in [0.05, 0.1) is 29.2 Å². The molecule has 0 spiro atoms. The van der Waals surface area contributed by atoms with Crippen LogP contribution in [0.5, 0.6) is 0 Å². The zero-order valence-electron chi connectivity index (χ0n) is 23.3. The molecule has 1 amide bonds. The predicted molar refractivity (Wildman–Crippen MR) is 151 cm³/mol. The molecule has 2 aromatic carbocycles. The number of ether oxygens (including phenoxy) is 1. The lowest BCUT2D eigenvalue weighted by Gasteiger charge is -2.27. The third-order valence-corrected chi connectivity index (χ3v) is 7.05. The second-order valence-electron chi connectivity index (χ2n) is 9.82. The van der Waals surface area contributed by atoms with E-state index in [1.165, 1.54) is 48.4 Å². The number of non-ortho nitro benzene ring substituents is 1. The van der Waals surface area contributed by atoms with Crippen LogP contribution in [0.25, 0.3) is 5.76 Å². The van der Waals surface area contributed by atoms with Crippen LogP contribution in [-0.2, 0) is 14.3 Å². The van der Waals surface area contributed by atoms with Crippen molar-refractivity contribution in [3.63, 3.8) is 0 Å². The van der Waals surface area contributed by atoms with E-state index in [0.717, 1.165) is 45.3 Å². The van der Waals surface area contributed by atoms with Crippen molar-refractivity contribution < 1.29 is 29.2 Å². The van der Waals surface area contributed by atoms with Crippen LogP contribution in [0.4, 0.5) is 5.69 Å². The van der Waals surface area contributed by atoms with Gasteiger partial charge in [0.2, 0.25) is 0 Å². The van der Waals surface area contributed by atoms with Gasteiger partial charge in [0, 0.05) is 24.2 Å². The number of carbonyl (C=O) groups excluding carboxylic acids is 3. The van der Waals surface area contributed by atoms with Crippen LogP contribution in [0.3, 0.4) is 0 Å². The van der Waals surface area contributed by atoms with Crippen LogP contribution in [0.2, 0.25) is 0 Å². The van der Waals surface area contributed by atoms with Crippen LogP contribution >= 0.6 is 0 Å². The molecule has 0 radical (unpaired) electrons. The number of amides is 1. The van der Waals surface area contributed by atoms with Gasteiger partial charge in [-0.15, -0.1) is 0 Å². The average molecular weight is 552 g/mol. The van der Waals surface area contributed by atoms with E-state index >= 15 is 0 Å². The molecule has 214 valence electrons. The number of nitro groups is 1. The maximum absolute atomic E-state index is 13.3. The fourth-order valence-corrected chi connectivity index (χ4v) is 4.86. The number of methoxy groups -OCH3 is 1. The van der Waals surface area contributed by atoms with E-state index in [0.29, 0.717) is 17.5 Å². The Balaban J connectivity index is 1.99. The molecule has 1 aliphatic heterocycles. The molecule has 0 aromatic heterocycles. The number of aliphatic hydroxyl groups is 1. The summed E-state index contributed by atoms with van der Waals surface area (Å²) >= 11 is 0. The van der Waals surface area contributed by atoms with Gasteiger partial charge < -0.3 is 19.6 Å². The van der Waals surface area contributed by atoms with Gasteiger partial charge in [-0.05, 0) is 56.6 Å². The second-order valence-corrected chi connectivity index (χ2v) is 9.82. The Labute approximate surface area is 234 Å². The minimum atomic E-state index is -0.925. The highest BCUT2D eigenvalue weighted by Crippen LogP contribution is 2.40. The van der Waals surface area contributed by atoms with Gasteiger partial charge in [0.15, 0.2) is 0 Å². The Morgan fingerprint density at radius 3 is 2.20 bits per heavy atom. The van der Waals surface area contributed by atoms with Gasteiger partial charge in [-0.1, -0.05) is 51.0 Å². The Morgan fingerprint density at radius 1 is 1.00 bits per heavy atom. The van der Waals surface area contributed by atoms with Gasteiger partial charge in [0.1, 0.15) is 5.76 Å². The Bertz CT molecular complexity index is 1250. The minimum Gasteiger partial charge on any atom is -0.507 e. The lowest BCUT2D eigenvalue weighted by atomic mass is 9.94. The fraction of sp³-hybridized carbons (Fsp3) is 0.433. The third kappa shape index (κ3) is 7.12. The summed E-state index contributed by atoms with van der Waals surface area (Å²) in [5.74, 6) is -2.63. The molecule has 40 heavy (non-hydrogen) atoms. The maximum Gasteiger partial charge on any atom is 0.337 e. The fourth-order valence-electron chi connectivity index (χ4n) is 4.86. The van der Waals surface area contributed by atoms with Gasteiger partial charge in [-0.3, -0.25) is 19.7 Å². The van der Waals surface area contributed by atoms with Crippen LogP contribution < -0.4 is 0 Å². The number of nitro benzene ring substituents is 1. The lowest BCUT2D eigenvalue weighted by molar-refractivity contribution is -0.384. The molecule has 1 fully saturated rings. The first kappa shape index (κ1) is 30.5. The van der Waals surface area contributed by atoms with Gasteiger partial charge >= 0.3 is 5.97 Å². The molecular weight excluding hydrogens is 514 g/mol. The van der Waals surface area contributed by atoms with Crippen molar-refractivity contribution in [1.29, 1.82) is 0 Å². The maximum atomic E-state index is 13.3. The normalized spacial score (nSPS) is 16.5. The van der Waals surface area contributed by atoms with E-state index in [1.54, 1.807) is 12.1 Å². The highest BCUT2D eigenvalue weighted by Gasteiger charge is 2.46. The number of rotatable bonds is 14. The summed E-state index contributed by atoms with van der Waals surface area (Å²) in [7, 11) is 1.27. The minimum absolute atomic E-state index is 0.0636. The number of unbranched alkanes of at least 4 members (excludes halogenated alkanes) is 2. The Morgan fingerprint density at radius 2 is 1.62 bits per heavy atom. The summed E-state index contributed by atoms with van der Waals surface area (Å²) in [6.45, 7) is 7.23. The van der Waals surface area contributed by atoms with Crippen molar-refractivity contribution in [2.24, 2.45) is 0 Å². The van der Waals surface area contributed by atoms with Crippen molar-refractivity contribution in [3.05, 3.63) is 80.9 Å². The quantitative estimate of drug-likeness (QED) is 0.0858.